The highest BCUT2D eigenvalue weighted by Gasteiger charge is 2.30. The van der Waals surface area contributed by atoms with Crippen molar-refractivity contribution in [2.45, 2.75) is 408 Å². The summed E-state index contributed by atoms with van der Waals surface area (Å²) in [4.78, 5) is 72.7. The van der Waals surface area contributed by atoms with Gasteiger partial charge in [0, 0.05) is 25.7 Å². The molecule has 0 bridgehead atoms. The Kier molecular flexibility index (Phi) is 65.0. The summed E-state index contributed by atoms with van der Waals surface area (Å²) in [5.74, 6) is 0.840. The van der Waals surface area contributed by atoms with E-state index < -0.39 is 97.5 Å². The molecule has 570 valence electrons. The van der Waals surface area contributed by atoms with Gasteiger partial charge in [0.2, 0.25) is 0 Å². The van der Waals surface area contributed by atoms with Crippen molar-refractivity contribution in [1.82, 2.24) is 0 Å². The van der Waals surface area contributed by atoms with E-state index in [1.807, 2.05) is 0 Å². The van der Waals surface area contributed by atoms with E-state index in [1.165, 1.54) is 186 Å². The van der Waals surface area contributed by atoms with Crippen molar-refractivity contribution in [3.05, 3.63) is 0 Å². The van der Waals surface area contributed by atoms with Crippen LogP contribution in [0.4, 0.5) is 0 Å². The third-order valence-corrected chi connectivity index (χ3v) is 19.7. The van der Waals surface area contributed by atoms with Gasteiger partial charge in [0.15, 0.2) is 12.2 Å². The molecule has 0 heterocycles. The lowest BCUT2D eigenvalue weighted by Gasteiger charge is -2.21. The predicted molar refractivity (Wildman–Crippen MR) is 391 cm³/mol. The maximum atomic E-state index is 13.1. The Bertz CT molecular complexity index is 1880. The summed E-state index contributed by atoms with van der Waals surface area (Å²) in [5.41, 5.74) is 0. The van der Waals surface area contributed by atoms with E-state index in [1.54, 1.807) is 0 Å². The first-order valence-electron chi connectivity index (χ1n) is 39.7. The average molecular weight is 1410 g/mol. The molecule has 0 aliphatic carbocycles. The minimum absolute atomic E-state index is 0.101. The molecule has 2 unspecified atom stereocenters. The molecule has 0 saturated heterocycles. The molecule has 0 saturated carbocycles. The standard InChI is InChI=1S/C77H150O17P2/c1-67(2)53-45-37-29-25-21-17-13-11-9-10-12-14-19-23-27-31-41-49-57-74(79)87-63-72(93-76(81)59-51-43-32-28-24-20-16-15-18-22-26-30-38-46-54-68(3)4)65-91-95(83,84)89-61-71(78)62-90-96(85,86)92-66-73(94-77(82)60-52-44-36-34-40-48-56-70(7)8)64-88-75(80)58-50-42-35-33-39-47-55-69(5)6/h67-73,78H,9-66H2,1-8H3,(H,83,84)(H,85,86)/t71-,72-,73-/m1/s1. The smallest absolute Gasteiger partial charge is 0.462 e. The zero-order chi connectivity index (χ0) is 71.0. The van der Waals surface area contributed by atoms with Crippen LogP contribution in [0.5, 0.6) is 0 Å². The molecule has 0 fully saturated rings. The second-order valence-electron chi connectivity index (χ2n) is 29.7. The van der Waals surface area contributed by atoms with E-state index in [-0.39, 0.29) is 25.7 Å². The summed E-state index contributed by atoms with van der Waals surface area (Å²) in [6.45, 7) is 14.1. The third kappa shape index (κ3) is 70.5. The fourth-order valence-corrected chi connectivity index (χ4v) is 13.3. The molecule has 0 aliphatic heterocycles. The number of unbranched alkanes of at least 4 members (excludes halogenated alkanes) is 40. The van der Waals surface area contributed by atoms with Crippen LogP contribution in [0.25, 0.3) is 0 Å². The highest BCUT2D eigenvalue weighted by Crippen LogP contribution is 2.45. The molecule has 3 N–H and O–H groups in total. The van der Waals surface area contributed by atoms with Crippen molar-refractivity contribution in [2.75, 3.05) is 39.6 Å². The van der Waals surface area contributed by atoms with Crippen LogP contribution < -0.4 is 0 Å². The lowest BCUT2D eigenvalue weighted by atomic mass is 10.0. The summed E-state index contributed by atoms with van der Waals surface area (Å²) >= 11 is 0. The number of hydrogen-bond donors (Lipinski definition) is 3. The van der Waals surface area contributed by atoms with Crippen molar-refractivity contribution < 1.29 is 80.2 Å². The van der Waals surface area contributed by atoms with E-state index >= 15 is 0 Å². The highest BCUT2D eigenvalue weighted by atomic mass is 31.2. The monoisotopic (exact) mass is 1410 g/mol. The van der Waals surface area contributed by atoms with Gasteiger partial charge in [-0.2, -0.15) is 0 Å². The lowest BCUT2D eigenvalue weighted by Crippen LogP contribution is -2.30. The summed E-state index contributed by atoms with van der Waals surface area (Å²) in [6, 6.07) is 0. The van der Waals surface area contributed by atoms with E-state index in [9.17, 15) is 43.2 Å². The number of phosphoric ester groups is 2. The van der Waals surface area contributed by atoms with Crippen molar-refractivity contribution in [2.24, 2.45) is 23.7 Å². The number of phosphoric acid groups is 2. The van der Waals surface area contributed by atoms with Crippen LogP contribution in [0.3, 0.4) is 0 Å². The van der Waals surface area contributed by atoms with Gasteiger partial charge < -0.3 is 33.8 Å². The molecule has 17 nitrogen and oxygen atoms in total. The van der Waals surface area contributed by atoms with Gasteiger partial charge in [-0.05, 0) is 49.4 Å². The molecule has 0 aromatic rings. The SMILES string of the molecule is CC(C)CCCCCCCCCCCCCCCCCCCCC(=O)OC[C@H](COP(=O)(O)OC[C@@H](O)COP(=O)(O)OC[C@@H](COC(=O)CCCCCCCCC(C)C)OC(=O)CCCCCCCCC(C)C)OC(=O)CCCCCCCCCCCCCCCCC(C)C. The Labute approximate surface area is 588 Å². The van der Waals surface area contributed by atoms with Crippen LogP contribution >= 0.6 is 15.6 Å². The number of aliphatic hydroxyl groups is 1. The van der Waals surface area contributed by atoms with E-state index in [2.05, 4.69) is 55.4 Å². The topological polar surface area (TPSA) is 237 Å². The quantitative estimate of drug-likeness (QED) is 0.0222. The predicted octanol–water partition coefficient (Wildman–Crippen LogP) is 22.4. The zero-order valence-corrected chi connectivity index (χ0v) is 64.8. The molecule has 0 aromatic carbocycles. The fourth-order valence-electron chi connectivity index (χ4n) is 11.7. The van der Waals surface area contributed by atoms with Gasteiger partial charge in [-0.25, -0.2) is 9.13 Å². The Morgan fingerprint density at radius 1 is 0.260 bits per heavy atom. The number of carbonyl (C=O) groups is 4. The fraction of sp³-hybridized carbons (Fsp3) is 0.948. The molecule has 96 heavy (non-hydrogen) atoms. The zero-order valence-electron chi connectivity index (χ0n) is 63.0. The summed E-state index contributed by atoms with van der Waals surface area (Å²) < 4.78 is 68.4. The van der Waals surface area contributed by atoms with Crippen LogP contribution in [-0.2, 0) is 65.4 Å². The molecule has 0 spiro atoms. The Hall–Kier alpha value is -1.94. The minimum atomic E-state index is -4.96. The largest absolute Gasteiger partial charge is 0.472 e. The highest BCUT2D eigenvalue weighted by molar-refractivity contribution is 7.47. The number of rotatable bonds is 74. The Balaban J connectivity index is 5.17. The first-order valence-corrected chi connectivity index (χ1v) is 42.7. The van der Waals surface area contributed by atoms with Crippen LogP contribution in [0.15, 0.2) is 0 Å². The van der Waals surface area contributed by atoms with Crippen molar-refractivity contribution in [3.63, 3.8) is 0 Å². The molecule has 0 amide bonds. The van der Waals surface area contributed by atoms with Crippen LogP contribution in [0, 0.1) is 23.7 Å². The van der Waals surface area contributed by atoms with Gasteiger partial charge in [-0.1, -0.05) is 338 Å². The van der Waals surface area contributed by atoms with E-state index in [0.717, 1.165) is 108 Å². The number of aliphatic hydroxyl groups excluding tert-OH is 1. The Morgan fingerprint density at radius 3 is 0.646 bits per heavy atom. The molecular formula is C77H150O17P2. The van der Waals surface area contributed by atoms with Gasteiger partial charge in [0.25, 0.3) is 0 Å². The van der Waals surface area contributed by atoms with Gasteiger partial charge in [-0.15, -0.1) is 0 Å². The van der Waals surface area contributed by atoms with Crippen LogP contribution in [0.2, 0.25) is 0 Å². The molecular weight excluding hydrogens is 1260 g/mol. The number of carbonyl (C=O) groups excluding carboxylic acids is 4. The van der Waals surface area contributed by atoms with Crippen LogP contribution in [-0.4, -0.2) is 96.7 Å². The van der Waals surface area contributed by atoms with E-state index in [0.29, 0.717) is 37.5 Å². The number of ether oxygens (including phenoxy) is 4. The van der Waals surface area contributed by atoms with Gasteiger partial charge in [-0.3, -0.25) is 37.3 Å². The maximum Gasteiger partial charge on any atom is 0.472 e. The summed E-state index contributed by atoms with van der Waals surface area (Å²) in [7, 11) is -9.91. The molecule has 5 atom stereocenters. The number of esters is 4. The first-order chi connectivity index (χ1) is 46.1. The van der Waals surface area contributed by atoms with Crippen LogP contribution in [0.1, 0.15) is 389 Å². The summed E-state index contributed by atoms with van der Waals surface area (Å²) in [5, 5.41) is 10.6. The van der Waals surface area contributed by atoms with Gasteiger partial charge >= 0.3 is 39.5 Å². The average Bonchev–Trinajstić information content (AvgIpc) is 1.05. The van der Waals surface area contributed by atoms with Crippen molar-refractivity contribution >= 4 is 39.5 Å². The minimum Gasteiger partial charge on any atom is -0.462 e. The third-order valence-electron chi connectivity index (χ3n) is 17.8. The van der Waals surface area contributed by atoms with E-state index in [4.69, 9.17) is 37.0 Å². The normalized spacial score (nSPS) is 14.1. The first kappa shape index (κ1) is 94.1. The molecule has 19 heteroatoms. The molecule has 0 aliphatic rings. The van der Waals surface area contributed by atoms with Crippen molar-refractivity contribution in [1.29, 1.82) is 0 Å². The lowest BCUT2D eigenvalue weighted by molar-refractivity contribution is -0.161. The maximum absolute atomic E-state index is 13.1. The second kappa shape index (κ2) is 66.3. The summed E-state index contributed by atoms with van der Waals surface area (Å²) in [6.07, 6.45) is 51.9. The second-order valence-corrected chi connectivity index (χ2v) is 32.6. The molecule has 0 rings (SSSR count). The molecule has 0 aromatic heterocycles. The van der Waals surface area contributed by atoms with Gasteiger partial charge in [0.1, 0.15) is 19.3 Å². The Morgan fingerprint density at radius 2 is 0.438 bits per heavy atom. The van der Waals surface area contributed by atoms with Gasteiger partial charge in [0.05, 0.1) is 26.4 Å². The number of hydrogen-bond acceptors (Lipinski definition) is 15. The van der Waals surface area contributed by atoms with Crippen molar-refractivity contribution in [3.8, 4) is 0 Å². The molecule has 0 radical (unpaired) electrons.